The molecule has 3 heteroatoms. The topological polar surface area (TPSA) is 32.3 Å². The van der Waals surface area contributed by atoms with Crippen molar-refractivity contribution >= 4 is 5.91 Å². The Morgan fingerprint density at radius 3 is 2.35 bits per heavy atom. The molecule has 116 valence electrons. The lowest BCUT2D eigenvalue weighted by atomic mass is 9.95. The van der Waals surface area contributed by atoms with Gasteiger partial charge in [-0.3, -0.25) is 10.1 Å². The summed E-state index contributed by atoms with van der Waals surface area (Å²) in [6.45, 7) is 4.40. The van der Waals surface area contributed by atoms with Gasteiger partial charge in [-0.25, -0.2) is 0 Å². The number of hydrogen-bond donors (Lipinski definition) is 1. The van der Waals surface area contributed by atoms with Gasteiger partial charge in [0.25, 0.3) is 0 Å². The van der Waals surface area contributed by atoms with Crippen molar-refractivity contribution in [3.8, 4) is 0 Å². The molecule has 2 unspecified atom stereocenters. The van der Waals surface area contributed by atoms with Crippen molar-refractivity contribution in [3.05, 3.63) is 0 Å². The van der Waals surface area contributed by atoms with Gasteiger partial charge >= 0.3 is 0 Å². The van der Waals surface area contributed by atoms with Crippen LogP contribution < -0.4 is 5.32 Å². The van der Waals surface area contributed by atoms with Crippen LogP contribution in [0.15, 0.2) is 0 Å². The third-order valence-electron chi connectivity index (χ3n) is 4.98. The molecule has 1 aliphatic carbocycles. The molecule has 1 aliphatic heterocycles. The number of carbonyl (C=O) groups excluding carboxylic acids is 1. The molecule has 1 N–H and O–H groups in total. The van der Waals surface area contributed by atoms with E-state index in [1.165, 1.54) is 51.4 Å². The van der Waals surface area contributed by atoms with Crippen molar-refractivity contribution in [1.82, 2.24) is 10.2 Å². The van der Waals surface area contributed by atoms with Crippen molar-refractivity contribution in [3.63, 3.8) is 0 Å². The molecule has 0 aromatic heterocycles. The molecular formula is C17H32N2O. The molecule has 0 aromatic rings. The highest BCUT2D eigenvalue weighted by Gasteiger charge is 2.40. The van der Waals surface area contributed by atoms with Gasteiger partial charge in [0, 0.05) is 6.04 Å². The van der Waals surface area contributed by atoms with Crippen molar-refractivity contribution in [1.29, 1.82) is 0 Å². The van der Waals surface area contributed by atoms with Gasteiger partial charge in [-0.1, -0.05) is 58.8 Å². The first-order valence-corrected chi connectivity index (χ1v) is 8.86. The summed E-state index contributed by atoms with van der Waals surface area (Å²) in [6.07, 6.45) is 13.8. The number of amides is 1. The Bertz CT molecular complexity index is 297. The van der Waals surface area contributed by atoms with E-state index in [1.807, 2.05) is 0 Å². The molecule has 1 amide bonds. The average Bonchev–Trinajstić information content (AvgIpc) is 2.73. The number of nitrogens with zero attached hydrogens (tertiary/aromatic N) is 1. The van der Waals surface area contributed by atoms with E-state index in [4.69, 9.17) is 0 Å². The lowest BCUT2D eigenvalue weighted by Crippen LogP contribution is -2.44. The summed E-state index contributed by atoms with van der Waals surface area (Å²) in [5.74, 6) is 0.385. The minimum atomic E-state index is 0.0883. The number of nitrogens with one attached hydrogen (secondary N) is 1. The predicted octanol–water partition coefficient (Wildman–Crippen LogP) is 3.83. The van der Waals surface area contributed by atoms with Crippen LogP contribution in [-0.4, -0.2) is 29.1 Å². The van der Waals surface area contributed by atoms with E-state index in [0.717, 1.165) is 19.3 Å². The van der Waals surface area contributed by atoms with Crippen LogP contribution in [0.1, 0.15) is 84.5 Å². The van der Waals surface area contributed by atoms with Crippen LogP contribution in [0.25, 0.3) is 0 Å². The molecule has 1 saturated heterocycles. The van der Waals surface area contributed by atoms with E-state index >= 15 is 0 Å². The van der Waals surface area contributed by atoms with Crippen LogP contribution in [0, 0.1) is 0 Å². The van der Waals surface area contributed by atoms with Crippen LogP contribution in [0.3, 0.4) is 0 Å². The monoisotopic (exact) mass is 280 g/mol. The van der Waals surface area contributed by atoms with Crippen LogP contribution in [0.5, 0.6) is 0 Å². The Hall–Kier alpha value is -0.570. The minimum absolute atomic E-state index is 0.0883. The lowest BCUT2D eigenvalue weighted by molar-refractivity contribution is -0.132. The number of rotatable bonds is 5. The highest BCUT2D eigenvalue weighted by molar-refractivity contribution is 5.84. The maximum absolute atomic E-state index is 12.7. The zero-order valence-corrected chi connectivity index (χ0v) is 13.4. The maximum Gasteiger partial charge on any atom is 0.241 e. The largest absolute Gasteiger partial charge is 0.323 e. The predicted molar refractivity (Wildman–Crippen MR) is 83.5 cm³/mol. The van der Waals surface area contributed by atoms with E-state index in [2.05, 4.69) is 24.1 Å². The molecule has 3 nitrogen and oxygen atoms in total. The van der Waals surface area contributed by atoms with Gasteiger partial charge in [0.1, 0.15) is 0 Å². The summed E-state index contributed by atoms with van der Waals surface area (Å²) < 4.78 is 0. The first-order valence-electron chi connectivity index (χ1n) is 8.86. The molecule has 0 bridgehead atoms. The van der Waals surface area contributed by atoms with Crippen molar-refractivity contribution in [2.75, 3.05) is 0 Å². The first kappa shape index (κ1) is 15.8. The Morgan fingerprint density at radius 2 is 1.75 bits per heavy atom. The summed E-state index contributed by atoms with van der Waals surface area (Å²) in [7, 11) is 0. The van der Waals surface area contributed by atoms with Gasteiger partial charge in [0.15, 0.2) is 0 Å². The average molecular weight is 280 g/mol. The molecule has 1 saturated carbocycles. The van der Waals surface area contributed by atoms with Gasteiger partial charge in [-0.05, 0) is 25.7 Å². The second-order valence-corrected chi connectivity index (χ2v) is 6.53. The highest BCUT2D eigenvalue weighted by Crippen LogP contribution is 2.27. The second kappa shape index (κ2) is 8.02. The van der Waals surface area contributed by atoms with Crippen LogP contribution in [0.4, 0.5) is 0 Å². The Morgan fingerprint density at radius 1 is 1.10 bits per heavy atom. The molecule has 2 aliphatic rings. The molecule has 2 atom stereocenters. The van der Waals surface area contributed by atoms with Gasteiger partial charge in [-0.2, -0.15) is 0 Å². The Kier molecular flexibility index (Phi) is 6.34. The standard InChI is InChI=1S/C17H32N2O/c1-3-5-13-15-17(20)19(16(4-2)18-15)14-11-9-7-6-8-10-12-14/h14-16,18H,3-13H2,1-2H3. The fourth-order valence-corrected chi connectivity index (χ4v) is 3.79. The van der Waals surface area contributed by atoms with Crippen molar-refractivity contribution in [2.24, 2.45) is 0 Å². The lowest BCUT2D eigenvalue weighted by Gasteiger charge is -2.33. The van der Waals surface area contributed by atoms with E-state index in [0.29, 0.717) is 11.9 Å². The molecule has 0 spiro atoms. The zero-order chi connectivity index (χ0) is 14.4. The van der Waals surface area contributed by atoms with Crippen molar-refractivity contribution < 1.29 is 4.79 Å². The maximum atomic E-state index is 12.7. The Labute approximate surface area is 124 Å². The Balaban J connectivity index is 2.00. The van der Waals surface area contributed by atoms with E-state index in [-0.39, 0.29) is 12.2 Å². The van der Waals surface area contributed by atoms with Crippen molar-refractivity contribution in [2.45, 2.75) is 103 Å². The first-order chi connectivity index (χ1) is 9.77. The number of hydrogen-bond acceptors (Lipinski definition) is 2. The molecule has 2 rings (SSSR count). The molecule has 0 aromatic carbocycles. The second-order valence-electron chi connectivity index (χ2n) is 6.53. The summed E-state index contributed by atoms with van der Waals surface area (Å²) in [5, 5.41) is 3.59. The molecular weight excluding hydrogens is 248 g/mol. The smallest absolute Gasteiger partial charge is 0.241 e. The normalized spacial score (nSPS) is 29.5. The van der Waals surface area contributed by atoms with Crippen LogP contribution in [-0.2, 0) is 4.79 Å². The molecule has 2 fully saturated rings. The van der Waals surface area contributed by atoms with Crippen LogP contribution in [0.2, 0.25) is 0 Å². The van der Waals surface area contributed by atoms with Gasteiger partial charge in [0.05, 0.1) is 12.2 Å². The van der Waals surface area contributed by atoms with E-state index in [1.54, 1.807) is 0 Å². The molecule has 0 radical (unpaired) electrons. The number of carbonyl (C=O) groups is 1. The fraction of sp³-hybridized carbons (Fsp3) is 0.941. The van der Waals surface area contributed by atoms with Crippen LogP contribution >= 0.6 is 0 Å². The number of unbranched alkanes of at least 4 members (excludes halogenated alkanes) is 1. The third kappa shape index (κ3) is 3.75. The van der Waals surface area contributed by atoms with E-state index < -0.39 is 0 Å². The summed E-state index contributed by atoms with van der Waals surface area (Å²) in [5.41, 5.74) is 0. The fourth-order valence-electron chi connectivity index (χ4n) is 3.79. The van der Waals surface area contributed by atoms with Gasteiger partial charge in [-0.15, -0.1) is 0 Å². The summed E-state index contributed by atoms with van der Waals surface area (Å²) >= 11 is 0. The van der Waals surface area contributed by atoms with Gasteiger partial charge < -0.3 is 4.90 Å². The summed E-state index contributed by atoms with van der Waals surface area (Å²) in [6, 6.07) is 0.581. The minimum Gasteiger partial charge on any atom is -0.323 e. The molecule has 20 heavy (non-hydrogen) atoms. The SMILES string of the molecule is CCCCC1NC(CC)N(C2CCCCCCC2)C1=O. The molecule has 1 heterocycles. The van der Waals surface area contributed by atoms with E-state index in [9.17, 15) is 4.79 Å². The zero-order valence-electron chi connectivity index (χ0n) is 13.4. The van der Waals surface area contributed by atoms with Gasteiger partial charge in [0.2, 0.25) is 5.91 Å². The summed E-state index contributed by atoms with van der Waals surface area (Å²) in [4.78, 5) is 15.0. The third-order valence-corrected chi connectivity index (χ3v) is 4.98. The highest BCUT2D eigenvalue weighted by atomic mass is 16.2. The quantitative estimate of drug-likeness (QED) is 0.830.